The summed E-state index contributed by atoms with van der Waals surface area (Å²) in [6.45, 7) is 0. The van der Waals surface area contributed by atoms with Crippen molar-refractivity contribution in [2.45, 2.75) is 9.79 Å². The van der Waals surface area contributed by atoms with Crippen LogP contribution in [0.5, 0.6) is 0 Å². The number of anilines is 2. The summed E-state index contributed by atoms with van der Waals surface area (Å²) in [6, 6.07) is 26.2. The SMILES string of the molecule is Clc1ccccc1.c1ccc2c(c1)Nc1ccccc1S2. The van der Waals surface area contributed by atoms with Gasteiger partial charge in [-0.1, -0.05) is 65.8 Å². The van der Waals surface area contributed by atoms with E-state index in [-0.39, 0.29) is 0 Å². The summed E-state index contributed by atoms with van der Waals surface area (Å²) in [7, 11) is 0. The Balaban J connectivity index is 0.000000160. The lowest BCUT2D eigenvalue weighted by Gasteiger charge is -2.19. The second-order valence-electron chi connectivity index (χ2n) is 4.51. The van der Waals surface area contributed by atoms with Gasteiger partial charge < -0.3 is 5.32 Å². The molecule has 3 heteroatoms. The lowest BCUT2D eigenvalue weighted by molar-refractivity contribution is 1.32. The van der Waals surface area contributed by atoms with Crippen LogP contribution in [0.4, 0.5) is 11.4 Å². The fourth-order valence-corrected chi connectivity index (χ4v) is 3.13. The largest absolute Gasteiger partial charge is 0.354 e. The first-order valence-corrected chi connectivity index (χ1v) is 7.86. The smallest absolute Gasteiger partial charge is 0.0526 e. The molecule has 0 aromatic heterocycles. The predicted molar refractivity (Wildman–Crippen MR) is 91.7 cm³/mol. The number of nitrogens with one attached hydrogen (secondary N) is 1. The molecule has 104 valence electrons. The summed E-state index contributed by atoms with van der Waals surface area (Å²) in [5.41, 5.74) is 2.41. The number of para-hydroxylation sites is 2. The molecule has 0 bridgehead atoms. The summed E-state index contributed by atoms with van der Waals surface area (Å²) in [4.78, 5) is 2.59. The molecular weight excluding hydrogens is 298 g/mol. The van der Waals surface area contributed by atoms with Crippen LogP contribution in [-0.2, 0) is 0 Å². The van der Waals surface area contributed by atoms with Gasteiger partial charge in [0, 0.05) is 14.8 Å². The summed E-state index contributed by atoms with van der Waals surface area (Å²) < 4.78 is 0. The molecule has 0 atom stereocenters. The summed E-state index contributed by atoms with van der Waals surface area (Å²) in [5, 5.41) is 4.21. The molecule has 4 rings (SSSR count). The Hall–Kier alpha value is -1.90. The third kappa shape index (κ3) is 3.60. The summed E-state index contributed by atoms with van der Waals surface area (Å²) in [5.74, 6) is 0. The third-order valence-corrected chi connectivity index (χ3v) is 4.40. The van der Waals surface area contributed by atoms with Crippen molar-refractivity contribution in [1.29, 1.82) is 0 Å². The minimum Gasteiger partial charge on any atom is -0.354 e. The topological polar surface area (TPSA) is 12.0 Å². The first-order valence-electron chi connectivity index (χ1n) is 6.66. The molecule has 1 nitrogen and oxygen atoms in total. The Morgan fingerprint density at radius 3 is 1.57 bits per heavy atom. The van der Waals surface area contributed by atoms with Gasteiger partial charge in [-0.3, -0.25) is 0 Å². The maximum absolute atomic E-state index is 5.54. The fraction of sp³-hybridized carbons (Fsp3) is 0. The second kappa shape index (κ2) is 6.70. The number of fused-ring (bicyclic) bond motifs is 2. The van der Waals surface area contributed by atoms with Crippen molar-refractivity contribution < 1.29 is 0 Å². The zero-order chi connectivity index (χ0) is 14.5. The van der Waals surface area contributed by atoms with Gasteiger partial charge in [0.2, 0.25) is 0 Å². The molecule has 1 aliphatic rings. The minimum absolute atomic E-state index is 0.794. The molecular formula is C18H14ClNS. The maximum Gasteiger partial charge on any atom is 0.0526 e. The highest BCUT2D eigenvalue weighted by Gasteiger charge is 2.13. The van der Waals surface area contributed by atoms with Crippen molar-refractivity contribution in [3.05, 3.63) is 83.9 Å². The van der Waals surface area contributed by atoms with E-state index < -0.39 is 0 Å². The van der Waals surface area contributed by atoms with Crippen molar-refractivity contribution in [2.75, 3.05) is 5.32 Å². The lowest BCUT2D eigenvalue weighted by Crippen LogP contribution is -1.98. The number of halogens is 1. The normalized spacial score (nSPS) is 11.3. The van der Waals surface area contributed by atoms with Gasteiger partial charge >= 0.3 is 0 Å². The molecule has 0 unspecified atom stereocenters. The molecule has 0 fully saturated rings. The van der Waals surface area contributed by atoms with E-state index in [9.17, 15) is 0 Å². The van der Waals surface area contributed by atoms with Crippen LogP contribution in [0.25, 0.3) is 0 Å². The van der Waals surface area contributed by atoms with E-state index in [1.165, 1.54) is 21.2 Å². The minimum atomic E-state index is 0.794. The molecule has 0 saturated carbocycles. The molecule has 1 aliphatic heterocycles. The van der Waals surface area contributed by atoms with Gasteiger partial charge in [-0.25, -0.2) is 0 Å². The van der Waals surface area contributed by atoms with Crippen LogP contribution in [0.2, 0.25) is 5.02 Å². The first-order chi connectivity index (χ1) is 10.3. The molecule has 0 radical (unpaired) electrons. The average molecular weight is 312 g/mol. The van der Waals surface area contributed by atoms with Crippen LogP contribution in [-0.4, -0.2) is 0 Å². The van der Waals surface area contributed by atoms with E-state index in [0.717, 1.165) is 5.02 Å². The van der Waals surface area contributed by atoms with Crippen LogP contribution >= 0.6 is 23.4 Å². The monoisotopic (exact) mass is 311 g/mol. The van der Waals surface area contributed by atoms with E-state index >= 15 is 0 Å². The van der Waals surface area contributed by atoms with Gasteiger partial charge in [0.25, 0.3) is 0 Å². The van der Waals surface area contributed by atoms with Crippen molar-refractivity contribution in [3.63, 3.8) is 0 Å². The maximum atomic E-state index is 5.54. The molecule has 0 amide bonds. The van der Waals surface area contributed by atoms with Crippen LogP contribution in [0.3, 0.4) is 0 Å². The van der Waals surface area contributed by atoms with E-state index in [0.29, 0.717) is 0 Å². The van der Waals surface area contributed by atoms with E-state index in [2.05, 4.69) is 53.8 Å². The number of benzene rings is 3. The van der Waals surface area contributed by atoms with E-state index in [1.54, 1.807) is 0 Å². The van der Waals surface area contributed by atoms with Crippen molar-refractivity contribution >= 4 is 34.7 Å². The van der Waals surface area contributed by atoms with Crippen LogP contribution < -0.4 is 5.32 Å². The van der Waals surface area contributed by atoms with Gasteiger partial charge in [-0.15, -0.1) is 0 Å². The number of rotatable bonds is 0. The van der Waals surface area contributed by atoms with E-state index in [4.69, 9.17) is 11.6 Å². The van der Waals surface area contributed by atoms with Crippen molar-refractivity contribution in [2.24, 2.45) is 0 Å². The van der Waals surface area contributed by atoms with Gasteiger partial charge in [-0.2, -0.15) is 0 Å². The molecule has 0 aliphatic carbocycles. The Labute approximate surface area is 134 Å². The highest BCUT2D eigenvalue weighted by molar-refractivity contribution is 7.99. The van der Waals surface area contributed by atoms with Crippen LogP contribution in [0.1, 0.15) is 0 Å². The number of hydrogen-bond acceptors (Lipinski definition) is 2. The predicted octanol–water partition coefficient (Wildman–Crippen LogP) is 6.23. The zero-order valence-corrected chi connectivity index (χ0v) is 12.9. The number of hydrogen-bond donors (Lipinski definition) is 1. The zero-order valence-electron chi connectivity index (χ0n) is 11.3. The molecule has 1 N–H and O–H groups in total. The van der Waals surface area contributed by atoms with Crippen molar-refractivity contribution in [1.82, 2.24) is 0 Å². The lowest BCUT2D eigenvalue weighted by atomic mass is 10.2. The Kier molecular flexibility index (Phi) is 4.49. The van der Waals surface area contributed by atoms with Gasteiger partial charge in [-0.05, 0) is 36.4 Å². The Morgan fingerprint density at radius 2 is 1.10 bits per heavy atom. The van der Waals surface area contributed by atoms with Gasteiger partial charge in [0.1, 0.15) is 0 Å². The Bertz CT molecular complexity index is 641. The quantitative estimate of drug-likeness (QED) is 0.413. The second-order valence-corrected chi connectivity index (χ2v) is 6.04. The van der Waals surface area contributed by atoms with Gasteiger partial charge in [0.15, 0.2) is 0 Å². The highest BCUT2D eigenvalue weighted by atomic mass is 35.5. The van der Waals surface area contributed by atoms with Gasteiger partial charge in [0.05, 0.1) is 11.4 Å². The summed E-state index contributed by atoms with van der Waals surface area (Å²) >= 11 is 7.36. The van der Waals surface area contributed by atoms with Crippen LogP contribution in [0, 0.1) is 0 Å². The molecule has 21 heavy (non-hydrogen) atoms. The average Bonchev–Trinajstić information content (AvgIpc) is 2.54. The molecule has 3 aromatic rings. The first kappa shape index (κ1) is 14.1. The Morgan fingerprint density at radius 1 is 0.619 bits per heavy atom. The highest BCUT2D eigenvalue weighted by Crippen LogP contribution is 2.43. The van der Waals surface area contributed by atoms with Crippen LogP contribution in [0.15, 0.2) is 88.7 Å². The summed E-state index contributed by atoms with van der Waals surface area (Å²) in [6.07, 6.45) is 0. The van der Waals surface area contributed by atoms with E-state index in [1.807, 2.05) is 42.1 Å². The third-order valence-electron chi connectivity index (χ3n) is 3.00. The molecule has 3 aromatic carbocycles. The standard InChI is InChI=1S/C12H9NS.C6H5Cl/c1-3-7-11-9(5-1)13-10-6-2-4-8-12(10)14-11;7-6-4-2-1-3-5-6/h1-8,13H;1-5H. The molecule has 0 spiro atoms. The molecule has 1 heterocycles. The van der Waals surface area contributed by atoms with Crippen molar-refractivity contribution in [3.8, 4) is 0 Å². The fourth-order valence-electron chi connectivity index (χ4n) is 2.00. The molecule has 0 saturated heterocycles.